The predicted molar refractivity (Wildman–Crippen MR) is 54.6 cm³/mol. The molecule has 2 nitrogen and oxygen atoms in total. The van der Waals surface area contributed by atoms with Crippen molar-refractivity contribution in [1.29, 1.82) is 0 Å². The summed E-state index contributed by atoms with van der Waals surface area (Å²) in [5.74, 6) is 0. The van der Waals surface area contributed by atoms with Gasteiger partial charge in [0, 0.05) is 20.3 Å². The molecule has 0 fully saturated rings. The molecule has 0 rings (SSSR count). The van der Waals surface area contributed by atoms with Gasteiger partial charge in [-0.15, -0.1) is 17.0 Å². The third kappa shape index (κ3) is 8.30. The summed E-state index contributed by atoms with van der Waals surface area (Å²) >= 11 is 0. The van der Waals surface area contributed by atoms with Crippen LogP contribution in [0, 0.1) is 0 Å². The van der Waals surface area contributed by atoms with Gasteiger partial charge in [0.25, 0.3) is 0 Å². The van der Waals surface area contributed by atoms with Gasteiger partial charge in [0.15, 0.2) is 0 Å². The molecule has 11 heavy (non-hydrogen) atoms. The number of rotatable bonds is 6. The van der Waals surface area contributed by atoms with E-state index in [2.05, 4.69) is 18.7 Å². The number of nitrogens with zero attached hydrogens (tertiary/aromatic N) is 1. The van der Waals surface area contributed by atoms with Gasteiger partial charge in [-0.1, -0.05) is 13.8 Å². The Balaban J connectivity index is 0. The minimum Gasteiger partial charge on any atom is -0.385 e. The van der Waals surface area contributed by atoms with Crippen LogP contribution in [-0.2, 0) is 4.74 Å². The fourth-order valence-corrected chi connectivity index (χ4v) is 0.972. The van der Waals surface area contributed by atoms with Crippen molar-refractivity contribution in [3.05, 3.63) is 0 Å². The maximum atomic E-state index is 4.95. The molecule has 0 unspecified atom stereocenters. The van der Waals surface area contributed by atoms with Gasteiger partial charge in [0.2, 0.25) is 0 Å². The van der Waals surface area contributed by atoms with Gasteiger partial charge in [-0.2, -0.15) is 0 Å². The normalized spacial score (nSPS) is 9.82. The van der Waals surface area contributed by atoms with Crippen LogP contribution in [0.2, 0.25) is 0 Å². The van der Waals surface area contributed by atoms with Crippen molar-refractivity contribution in [2.24, 2.45) is 0 Å². The molecule has 0 saturated carbocycles. The molecule has 0 aromatic rings. The molecule has 70 valence electrons. The number of hydrogen-bond acceptors (Lipinski definition) is 2. The average molecular weight is 226 g/mol. The highest BCUT2D eigenvalue weighted by atomic mass is 79.9. The Bertz CT molecular complexity index is 67.1. The molecule has 0 aliphatic carbocycles. The highest BCUT2D eigenvalue weighted by Gasteiger charge is 1.96. The first-order chi connectivity index (χ1) is 4.85. The van der Waals surface area contributed by atoms with Crippen LogP contribution in [-0.4, -0.2) is 38.3 Å². The SMILES string of the molecule is Br.CCN(CC)CCCOC. The molecule has 0 amide bonds. The second-order valence-electron chi connectivity index (χ2n) is 2.37. The summed E-state index contributed by atoms with van der Waals surface area (Å²) in [6.07, 6.45) is 1.15. The summed E-state index contributed by atoms with van der Waals surface area (Å²) in [6, 6.07) is 0. The number of halogens is 1. The van der Waals surface area contributed by atoms with Crippen molar-refractivity contribution in [3.63, 3.8) is 0 Å². The summed E-state index contributed by atoms with van der Waals surface area (Å²) in [5.41, 5.74) is 0. The fourth-order valence-electron chi connectivity index (χ4n) is 0.972. The van der Waals surface area contributed by atoms with E-state index in [9.17, 15) is 0 Å². The first-order valence-corrected chi connectivity index (χ1v) is 4.06. The second-order valence-corrected chi connectivity index (χ2v) is 2.37. The minimum atomic E-state index is 0. The van der Waals surface area contributed by atoms with E-state index in [1.54, 1.807) is 7.11 Å². The first-order valence-electron chi connectivity index (χ1n) is 4.06. The Hall–Kier alpha value is 0.400. The third-order valence-electron chi connectivity index (χ3n) is 1.72. The Morgan fingerprint density at radius 3 is 2.09 bits per heavy atom. The lowest BCUT2D eigenvalue weighted by atomic mass is 10.4. The molecule has 0 atom stereocenters. The number of hydrogen-bond donors (Lipinski definition) is 0. The van der Waals surface area contributed by atoms with E-state index in [-0.39, 0.29) is 17.0 Å². The first kappa shape index (κ1) is 14.0. The zero-order valence-corrected chi connectivity index (χ0v) is 9.51. The topological polar surface area (TPSA) is 12.5 Å². The minimum absolute atomic E-state index is 0. The molecule has 0 aliphatic rings. The van der Waals surface area contributed by atoms with Crippen LogP contribution >= 0.6 is 17.0 Å². The van der Waals surface area contributed by atoms with E-state index in [1.165, 1.54) is 6.54 Å². The lowest BCUT2D eigenvalue weighted by molar-refractivity contribution is 0.175. The highest BCUT2D eigenvalue weighted by Crippen LogP contribution is 1.89. The van der Waals surface area contributed by atoms with Gasteiger partial charge in [-0.25, -0.2) is 0 Å². The smallest absolute Gasteiger partial charge is 0.0474 e. The molecule has 0 aliphatic heterocycles. The molecule has 0 saturated heterocycles. The van der Waals surface area contributed by atoms with Crippen molar-refractivity contribution in [3.8, 4) is 0 Å². The monoisotopic (exact) mass is 225 g/mol. The molecule has 0 aromatic carbocycles. The van der Waals surface area contributed by atoms with Crippen LogP contribution in [0.5, 0.6) is 0 Å². The molecular formula is C8H20BrNO. The van der Waals surface area contributed by atoms with Crippen LogP contribution in [0.15, 0.2) is 0 Å². The van der Waals surface area contributed by atoms with Gasteiger partial charge in [0.05, 0.1) is 0 Å². The molecule has 0 radical (unpaired) electrons. The molecule has 3 heteroatoms. The number of ether oxygens (including phenoxy) is 1. The molecular weight excluding hydrogens is 206 g/mol. The lowest BCUT2D eigenvalue weighted by Gasteiger charge is -2.16. The fraction of sp³-hybridized carbons (Fsp3) is 1.00. The zero-order valence-electron chi connectivity index (χ0n) is 7.80. The third-order valence-corrected chi connectivity index (χ3v) is 1.72. The Labute approximate surface area is 80.7 Å². The van der Waals surface area contributed by atoms with Gasteiger partial charge >= 0.3 is 0 Å². The summed E-state index contributed by atoms with van der Waals surface area (Å²) < 4.78 is 4.95. The average Bonchev–Trinajstić information content (AvgIpc) is 1.99. The maximum absolute atomic E-state index is 4.95. The van der Waals surface area contributed by atoms with Gasteiger partial charge in [-0.05, 0) is 19.5 Å². The molecule has 0 N–H and O–H groups in total. The summed E-state index contributed by atoms with van der Waals surface area (Å²) in [7, 11) is 1.75. The highest BCUT2D eigenvalue weighted by molar-refractivity contribution is 8.93. The molecule has 0 spiro atoms. The van der Waals surface area contributed by atoms with E-state index in [0.717, 1.165) is 26.1 Å². The van der Waals surface area contributed by atoms with E-state index in [1.807, 2.05) is 0 Å². The predicted octanol–water partition coefficient (Wildman–Crippen LogP) is 1.94. The van der Waals surface area contributed by atoms with Crippen molar-refractivity contribution < 1.29 is 4.74 Å². The van der Waals surface area contributed by atoms with Crippen molar-refractivity contribution in [1.82, 2.24) is 4.90 Å². The van der Waals surface area contributed by atoms with Crippen LogP contribution in [0.25, 0.3) is 0 Å². The van der Waals surface area contributed by atoms with Crippen molar-refractivity contribution >= 4 is 17.0 Å². The summed E-state index contributed by atoms with van der Waals surface area (Å²) in [4.78, 5) is 2.40. The van der Waals surface area contributed by atoms with Gasteiger partial charge in [-0.3, -0.25) is 0 Å². The van der Waals surface area contributed by atoms with Crippen molar-refractivity contribution in [2.75, 3.05) is 33.4 Å². The van der Waals surface area contributed by atoms with Gasteiger partial charge < -0.3 is 9.64 Å². The second kappa shape index (κ2) is 10.4. The lowest BCUT2D eigenvalue weighted by Crippen LogP contribution is -2.24. The standard InChI is InChI=1S/C8H19NO.BrH/c1-4-9(5-2)7-6-8-10-3;/h4-8H2,1-3H3;1H. The van der Waals surface area contributed by atoms with E-state index in [0.29, 0.717) is 0 Å². The Kier molecular flexibility index (Phi) is 13.2. The Morgan fingerprint density at radius 2 is 1.73 bits per heavy atom. The molecule has 0 aromatic heterocycles. The van der Waals surface area contributed by atoms with Crippen LogP contribution in [0.3, 0.4) is 0 Å². The van der Waals surface area contributed by atoms with Crippen LogP contribution in [0.4, 0.5) is 0 Å². The Morgan fingerprint density at radius 1 is 1.18 bits per heavy atom. The quantitative estimate of drug-likeness (QED) is 0.642. The maximum Gasteiger partial charge on any atom is 0.0474 e. The zero-order chi connectivity index (χ0) is 7.82. The largest absolute Gasteiger partial charge is 0.385 e. The summed E-state index contributed by atoms with van der Waals surface area (Å²) in [5, 5.41) is 0. The van der Waals surface area contributed by atoms with E-state index >= 15 is 0 Å². The van der Waals surface area contributed by atoms with E-state index in [4.69, 9.17) is 4.74 Å². The van der Waals surface area contributed by atoms with Crippen LogP contribution in [0.1, 0.15) is 20.3 Å². The van der Waals surface area contributed by atoms with Crippen LogP contribution < -0.4 is 0 Å². The van der Waals surface area contributed by atoms with E-state index < -0.39 is 0 Å². The van der Waals surface area contributed by atoms with Gasteiger partial charge in [0.1, 0.15) is 0 Å². The molecule has 0 heterocycles. The van der Waals surface area contributed by atoms with Crippen molar-refractivity contribution in [2.45, 2.75) is 20.3 Å². The number of methoxy groups -OCH3 is 1. The summed E-state index contributed by atoms with van der Waals surface area (Å²) in [6.45, 7) is 8.74. The molecule has 0 bridgehead atoms.